The van der Waals surface area contributed by atoms with Gasteiger partial charge in [0.2, 0.25) is 0 Å². The third-order valence-corrected chi connectivity index (χ3v) is 3.04. The minimum atomic E-state index is -0.149. The molecule has 0 bridgehead atoms. The second-order valence-corrected chi connectivity index (χ2v) is 4.52. The van der Waals surface area contributed by atoms with Gasteiger partial charge in [0.15, 0.2) is 0 Å². The molecule has 6 heteroatoms. The van der Waals surface area contributed by atoms with Crippen molar-refractivity contribution >= 4 is 23.2 Å². The van der Waals surface area contributed by atoms with Crippen molar-refractivity contribution in [3.05, 3.63) is 34.7 Å². The van der Waals surface area contributed by atoms with Crippen molar-refractivity contribution in [2.24, 2.45) is 0 Å². The molecule has 0 aromatic carbocycles. The number of aryl methyl sites for hydroxylation is 1. The van der Waals surface area contributed by atoms with E-state index in [0.717, 1.165) is 5.69 Å². The fourth-order valence-electron chi connectivity index (χ4n) is 1.91. The number of pyridine rings is 1. The van der Waals surface area contributed by atoms with Gasteiger partial charge < -0.3 is 10.1 Å². The van der Waals surface area contributed by atoms with Crippen LogP contribution < -0.4 is 5.32 Å². The lowest BCUT2D eigenvalue weighted by Gasteiger charge is -2.06. The zero-order valence-electron chi connectivity index (χ0n) is 10.9. The molecule has 19 heavy (non-hydrogen) atoms. The normalized spacial score (nSPS) is 10.9. The fraction of sp³-hybridized carbons (Fsp3) is 0.385. The summed E-state index contributed by atoms with van der Waals surface area (Å²) in [7, 11) is 1.60. The van der Waals surface area contributed by atoms with Gasteiger partial charge in [-0.15, -0.1) is 0 Å². The van der Waals surface area contributed by atoms with E-state index in [0.29, 0.717) is 35.9 Å². The number of rotatable bonds is 5. The van der Waals surface area contributed by atoms with Gasteiger partial charge in [-0.1, -0.05) is 18.5 Å². The van der Waals surface area contributed by atoms with Crippen LogP contribution >= 0.6 is 11.6 Å². The number of fused-ring (bicyclic) bond motifs is 1. The van der Waals surface area contributed by atoms with E-state index < -0.39 is 0 Å². The van der Waals surface area contributed by atoms with Gasteiger partial charge in [0, 0.05) is 30.9 Å². The number of carbonyl (C=O) groups is 1. The minimum Gasteiger partial charge on any atom is -0.383 e. The number of imidazole rings is 1. The summed E-state index contributed by atoms with van der Waals surface area (Å²) in [4.78, 5) is 16.6. The maximum atomic E-state index is 12.2. The second-order valence-electron chi connectivity index (χ2n) is 4.08. The van der Waals surface area contributed by atoms with E-state index in [2.05, 4.69) is 10.3 Å². The number of hydrogen-bond donors (Lipinski definition) is 1. The van der Waals surface area contributed by atoms with Crippen LogP contribution in [0.5, 0.6) is 0 Å². The van der Waals surface area contributed by atoms with Crippen LogP contribution in [0.1, 0.15) is 23.1 Å². The third kappa shape index (κ3) is 2.88. The summed E-state index contributed by atoms with van der Waals surface area (Å²) in [5.74, 6) is -0.149. The van der Waals surface area contributed by atoms with Crippen molar-refractivity contribution < 1.29 is 9.53 Å². The molecule has 2 aromatic rings. The summed E-state index contributed by atoms with van der Waals surface area (Å²) < 4.78 is 6.67. The predicted octanol–water partition coefficient (Wildman–Crippen LogP) is 1.93. The van der Waals surface area contributed by atoms with Crippen LogP contribution in [0, 0.1) is 0 Å². The molecule has 0 saturated carbocycles. The molecule has 0 atom stereocenters. The Labute approximate surface area is 116 Å². The number of halogens is 1. The molecule has 0 aliphatic carbocycles. The molecule has 0 unspecified atom stereocenters. The van der Waals surface area contributed by atoms with Gasteiger partial charge >= 0.3 is 0 Å². The molecule has 0 aliphatic heterocycles. The standard InChI is InChI=1S/C13H16ClN3O2/c1-3-10-12(13(18)15-5-7-19-2)17-6-4-9(14)8-11(17)16-10/h4,6,8H,3,5,7H2,1-2H3,(H,15,18). The molecule has 2 rings (SSSR count). The molecule has 0 radical (unpaired) electrons. The average molecular weight is 282 g/mol. The Hall–Kier alpha value is -1.59. The molecule has 0 spiro atoms. The lowest BCUT2D eigenvalue weighted by molar-refractivity contribution is 0.0930. The average Bonchev–Trinajstić information content (AvgIpc) is 2.76. The molecular weight excluding hydrogens is 266 g/mol. The molecular formula is C13H16ClN3O2. The lowest BCUT2D eigenvalue weighted by atomic mass is 10.2. The van der Waals surface area contributed by atoms with E-state index in [9.17, 15) is 4.79 Å². The molecule has 0 aliphatic rings. The fourth-order valence-corrected chi connectivity index (χ4v) is 2.06. The molecule has 0 saturated heterocycles. The van der Waals surface area contributed by atoms with Gasteiger partial charge in [-0.3, -0.25) is 9.20 Å². The maximum Gasteiger partial charge on any atom is 0.270 e. The number of ether oxygens (including phenoxy) is 1. The zero-order chi connectivity index (χ0) is 13.8. The highest BCUT2D eigenvalue weighted by molar-refractivity contribution is 6.30. The minimum absolute atomic E-state index is 0.149. The van der Waals surface area contributed by atoms with Crippen LogP contribution in [0.25, 0.3) is 5.65 Å². The van der Waals surface area contributed by atoms with Crippen molar-refractivity contribution in [1.82, 2.24) is 14.7 Å². The number of aromatic nitrogens is 2. The Morgan fingerprint density at radius 1 is 1.58 bits per heavy atom. The Morgan fingerprint density at radius 3 is 3.05 bits per heavy atom. The van der Waals surface area contributed by atoms with E-state index in [-0.39, 0.29) is 5.91 Å². The molecule has 2 heterocycles. The summed E-state index contributed by atoms with van der Waals surface area (Å²) in [5, 5.41) is 3.41. The third-order valence-electron chi connectivity index (χ3n) is 2.80. The number of hydrogen-bond acceptors (Lipinski definition) is 3. The van der Waals surface area contributed by atoms with Crippen LogP contribution in [-0.4, -0.2) is 35.6 Å². The first-order valence-electron chi connectivity index (χ1n) is 6.11. The summed E-state index contributed by atoms with van der Waals surface area (Å²) in [6, 6.07) is 3.48. The van der Waals surface area contributed by atoms with Crippen LogP contribution in [0.15, 0.2) is 18.3 Å². The molecule has 5 nitrogen and oxygen atoms in total. The van der Waals surface area contributed by atoms with Crippen LogP contribution in [0.2, 0.25) is 5.02 Å². The van der Waals surface area contributed by atoms with Crippen molar-refractivity contribution in [1.29, 1.82) is 0 Å². The Bertz CT molecular complexity index is 595. The number of carbonyl (C=O) groups excluding carboxylic acids is 1. The van der Waals surface area contributed by atoms with Gasteiger partial charge in [-0.25, -0.2) is 4.98 Å². The number of nitrogens with one attached hydrogen (secondary N) is 1. The topological polar surface area (TPSA) is 55.6 Å². The van der Waals surface area contributed by atoms with E-state index in [1.165, 1.54) is 0 Å². The second kappa shape index (κ2) is 6.04. The Morgan fingerprint density at radius 2 is 2.37 bits per heavy atom. The number of amides is 1. The SMILES string of the molecule is CCc1nc2cc(Cl)ccn2c1C(=O)NCCOC. The molecule has 1 amide bonds. The summed E-state index contributed by atoms with van der Waals surface area (Å²) in [6.07, 6.45) is 2.45. The quantitative estimate of drug-likeness (QED) is 0.852. The highest BCUT2D eigenvalue weighted by Crippen LogP contribution is 2.17. The van der Waals surface area contributed by atoms with E-state index >= 15 is 0 Å². The highest BCUT2D eigenvalue weighted by Gasteiger charge is 2.17. The molecule has 2 aromatic heterocycles. The Kier molecular flexibility index (Phi) is 4.39. The predicted molar refractivity (Wildman–Crippen MR) is 73.8 cm³/mol. The van der Waals surface area contributed by atoms with Crippen LogP contribution in [-0.2, 0) is 11.2 Å². The maximum absolute atomic E-state index is 12.2. The van der Waals surface area contributed by atoms with Crippen molar-refractivity contribution in [3.63, 3.8) is 0 Å². The van der Waals surface area contributed by atoms with Crippen molar-refractivity contribution in [2.75, 3.05) is 20.3 Å². The number of methoxy groups -OCH3 is 1. The van der Waals surface area contributed by atoms with Crippen LogP contribution in [0.3, 0.4) is 0 Å². The summed E-state index contributed by atoms with van der Waals surface area (Å²) >= 11 is 5.94. The number of nitrogens with zero attached hydrogens (tertiary/aromatic N) is 2. The highest BCUT2D eigenvalue weighted by atomic mass is 35.5. The zero-order valence-corrected chi connectivity index (χ0v) is 11.7. The van der Waals surface area contributed by atoms with Gasteiger partial charge in [0.1, 0.15) is 11.3 Å². The first-order chi connectivity index (χ1) is 9.17. The van der Waals surface area contributed by atoms with E-state index in [1.807, 2.05) is 6.92 Å². The smallest absolute Gasteiger partial charge is 0.270 e. The molecule has 1 N–H and O–H groups in total. The largest absolute Gasteiger partial charge is 0.383 e. The van der Waals surface area contributed by atoms with Crippen molar-refractivity contribution in [3.8, 4) is 0 Å². The first-order valence-corrected chi connectivity index (χ1v) is 6.48. The van der Waals surface area contributed by atoms with Gasteiger partial charge in [-0.2, -0.15) is 0 Å². The van der Waals surface area contributed by atoms with Gasteiger partial charge in [0.05, 0.1) is 12.3 Å². The molecule has 0 fully saturated rings. The van der Waals surface area contributed by atoms with Gasteiger partial charge in [-0.05, 0) is 12.5 Å². The summed E-state index contributed by atoms with van der Waals surface area (Å²) in [5.41, 5.74) is 2.00. The lowest BCUT2D eigenvalue weighted by Crippen LogP contribution is -2.28. The van der Waals surface area contributed by atoms with Crippen LogP contribution in [0.4, 0.5) is 0 Å². The van der Waals surface area contributed by atoms with Crippen molar-refractivity contribution in [2.45, 2.75) is 13.3 Å². The van der Waals surface area contributed by atoms with Gasteiger partial charge in [0.25, 0.3) is 5.91 Å². The first kappa shape index (κ1) is 13.8. The van der Waals surface area contributed by atoms with E-state index in [1.54, 1.807) is 29.8 Å². The Balaban J connectivity index is 2.37. The summed E-state index contributed by atoms with van der Waals surface area (Å²) in [6.45, 7) is 2.92. The monoisotopic (exact) mass is 281 g/mol. The molecule has 102 valence electrons. The van der Waals surface area contributed by atoms with E-state index in [4.69, 9.17) is 16.3 Å².